The number of rotatable bonds is 5. The first-order valence-corrected chi connectivity index (χ1v) is 8.82. The molecule has 2 aromatic carbocycles. The van der Waals surface area contributed by atoms with Crippen LogP contribution in [0.25, 0.3) is 0 Å². The van der Waals surface area contributed by atoms with Crippen molar-refractivity contribution in [2.24, 2.45) is 5.10 Å². The van der Waals surface area contributed by atoms with Gasteiger partial charge in [0.1, 0.15) is 5.75 Å². The predicted octanol–water partition coefficient (Wildman–Crippen LogP) is 2.66. The lowest BCUT2D eigenvalue weighted by Gasteiger charge is -2.22. The van der Waals surface area contributed by atoms with Crippen LogP contribution in [0.15, 0.2) is 47.6 Å². The highest BCUT2D eigenvalue weighted by atomic mass is 16.7. The summed E-state index contributed by atoms with van der Waals surface area (Å²) in [6.45, 7) is 0.158. The smallest absolute Gasteiger partial charge is 0.303 e. The lowest BCUT2D eigenvalue weighted by molar-refractivity contribution is -0.141. The van der Waals surface area contributed by atoms with Gasteiger partial charge < -0.3 is 19.7 Å². The van der Waals surface area contributed by atoms with Crippen LogP contribution in [0.3, 0.4) is 0 Å². The second kappa shape index (κ2) is 7.22. The van der Waals surface area contributed by atoms with Gasteiger partial charge in [0.15, 0.2) is 11.5 Å². The number of phenolic OH excluding ortho intramolecular Hbond substituents is 1. The maximum absolute atomic E-state index is 12.6. The maximum Gasteiger partial charge on any atom is 0.303 e. The van der Waals surface area contributed by atoms with Gasteiger partial charge >= 0.3 is 5.97 Å². The van der Waals surface area contributed by atoms with E-state index in [4.69, 9.17) is 14.6 Å². The van der Waals surface area contributed by atoms with E-state index >= 15 is 0 Å². The summed E-state index contributed by atoms with van der Waals surface area (Å²) in [5.74, 6) is -0.146. The number of amides is 1. The van der Waals surface area contributed by atoms with Crippen molar-refractivity contribution in [3.05, 3.63) is 53.6 Å². The fraction of sp³-hybridized carbons (Fsp3) is 0.250. The highest BCUT2D eigenvalue weighted by Gasteiger charge is 2.34. The first-order chi connectivity index (χ1) is 13.5. The van der Waals surface area contributed by atoms with Crippen LogP contribution in [0.2, 0.25) is 0 Å². The second-order valence-corrected chi connectivity index (χ2v) is 6.53. The molecular formula is C20H18N2O6. The van der Waals surface area contributed by atoms with Gasteiger partial charge in [0, 0.05) is 24.0 Å². The Kier molecular flexibility index (Phi) is 4.60. The van der Waals surface area contributed by atoms with Crippen molar-refractivity contribution in [2.75, 3.05) is 6.79 Å². The molecule has 144 valence electrons. The molecule has 1 amide bonds. The van der Waals surface area contributed by atoms with Gasteiger partial charge in [-0.25, -0.2) is 5.01 Å². The third-order valence-corrected chi connectivity index (χ3v) is 4.72. The number of ether oxygens (including phenoxy) is 2. The fourth-order valence-electron chi connectivity index (χ4n) is 3.33. The molecular weight excluding hydrogens is 364 g/mol. The number of hydrogen-bond donors (Lipinski definition) is 2. The fourth-order valence-corrected chi connectivity index (χ4v) is 3.33. The molecule has 0 saturated carbocycles. The number of carboxylic acids is 1. The van der Waals surface area contributed by atoms with Gasteiger partial charge in [-0.15, -0.1) is 0 Å². The van der Waals surface area contributed by atoms with Gasteiger partial charge in [0.05, 0.1) is 18.2 Å². The van der Waals surface area contributed by atoms with Crippen molar-refractivity contribution in [3.8, 4) is 17.2 Å². The number of aliphatic carboxylic acids is 1. The van der Waals surface area contributed by atoms with E-state index < -0.39 is 17.9 Å². The SMILES string of the molecule is O=C(O)CCC(=O)N1N=C(c2ccc3c(c2)OCO3)CC1c1ccccc1O. The molecule has 0 aliphatic carbocycles. The number of phenols is 1. The predicted molar refractivity (Wildman–Crippen MR) is 98.3 cm³/mol. The number of fused-ring (bicyclic) bond motifs is 1. The molecule has 8 nitrogen and oxygen atoms in total. The minimum Gasteiger partial charge on any atom is -0.508 e. The zero-order valence-electron chi connectivity index (χ0n) is 14.9. The Morgan fingerprint density at radius 3 is 2.68 bits per heavy atom. The largest absolute Gasteiger partial charge is 0.508 e. The van der Waals surface area contributed by atoms with Crippen molar-refractivity contribution < 1.29 is 29.3 Å². The molecule has 0 fully saturated rings. The van der Waals surface area contributed by atoms with E-state index in [1.165, 1.54) is 5.01 Å². The van der Waals surface area contributed by atoms with E-state index in [2.05, 4.69) is 5.10 Å². The molecule has 8 heteroatoms. The van der Waals surface area contributed by atoms with Gasteiger partial charge in [-0.3, -0.25) is 9.59 Å². The number of hydrazone groups is 1. The van der Waals surface area contributed by atoms with Crippen molar-refractivity contribution in [1.82, 2.24) is 5.01 Å². The van der Waals surface area contributed by atoms with E-state index in [1.807, 2.05) is 6.07 Å². The topological polar surface area (TPSA) is 109 Å². The molecule has 2 N–H and O–H groups in total. The number of carbonyl (C=O) groups excluding carboxylic acids is 1. The van der Waals surface area contributed by atoms with Crippen molar-refractivity contribution >= 4 is 17.6 Å². The number of benzene rings is 2. The standard InChI is InChI=1S/C20H18N2O6/c23-16-4-2-1-3-13(16)15-10-14(21-22(15)19(24)7-8-20(25)26)12-5-6-17-18(9-12)28-11-27-17/h1-6,9,15,23H,7-8,10-11H2,(H,25,26). The minimum absolute atomic E-state index is 0.0608. The monoisotopic (exact) mass is 382 g/mol. The van der Waals surface area contributed by atoms with Crippen LogP contribution in [0, 0.1) is 0 Å². The van der Waals surface area contributed by atoms with Gasteiger partial charge in [-0.05, 0) is 24.3 Å². The lowest BCUT2D eigenvalue weighted by Crippen LogP contribution is -2.27. The highest BCUT2D eigenvalue weighted by Crippen LogP contribution is 2.39. The van der Waals surface area contributed by atoms with Crippen LogP contribution in [0.1, 0.15) is 36.4 Å². The zero-order chi connectivity index (χ0) is 19.7. The lowest BCUT2D eigenvalue weighted by atomic mass is 9.97. The number of carbonyl (C=O) groups is 2. The van der Waals surface area contributed by atoms with Gasteiger partial charge in [-0.2, -0.15) is 5.10 Å². The quantitative estimate of drug-likeness (QED) is 0.823. The molecule has 0 saturated heterocycles. The summed E-state index contributed by atoms with van der Waals surface area (Å²) >= 11 is 0. The second-order valence-electron chi connectivity index (χ2n) is 6.53. The van der Waals surface area contributed by atoms with Crippen LogP contribution < -0.4 is 9.47 Å². The van der Waals surface area contributed by atoms with E-state index in [-0.39, 0.29) is 25.4 Å². The molecule has 2 aliphatic rings. The molecule has 0 bridgehead atoms. The Hall–Kier alpha value is -3.55. The molecule has 0 radical (unpaired) electrons. The maximum atomic E-state index is 12.6. The first-order valence-electron chi connectivity index (χ1n) is 8.82. The van der Waals surface area contributed by atoms with Crippen molar-refractivity contribution in [2.45, 2.75) is 25.3 Å². The number of carboxylic acid groups (broad SMARTS) is 1. The summed E-state index contributed by atoms with van der Waals surface area (Å²) in [4.78, 5) is 23.5. The molecule has 0 aromatic heterocycles. The molecule has 1 atom stereocenters. The van der Waals surface area contributed by atoms with Crippen molar-refractivity contribution in [3.63, 3.8) is 0 Å². The van der Waals surface area contributed by atoms with Crippen LogP contribution >= 0.6 is 0 Å². The van der Waals surface area contributed by atoms with Crippen molar-refractivity contribution in [1.29, 1.82) is 0 Å². The molecule has 4 rings (SSSR count). The third kappa shape index (κ3) is 3.36. The summed E-state index contributed by atoms with van der Waals surface area (Å²) in [5, 5.41) is 24.9. The van der Waals surface area contributed by atoms with Crippen LogP contribution in [0.5, 0.6) is 17.2 Å². The Bertz CT molecular complexity index is 971. The van der Waals surface area contributed by atoms with Crippen LogP contribution in [0.4, 0.5) is 0 Å². The number of aromatic hydroxyl groups is 1. The summed E-state index contributed by atoms with van der Waals surface area (Å²) in [7, 11) is 0. The third-order valence-electron chi connectivity index (χ3n) is 4.72. The van der Waals surface area contributed by atoms with E-state index in [0.717, 1.165) is 5.56 Å². The van der Waals surface area contributed by atoms with E-state index in [1.54, 1.807) is 36.4 Å². The van der Waals surface area contributed by atoms with Crippen LogP contribution in [-0.4, -0.2) is 39.6 Å². The number of hydrogen-bond acceptors (Lipinski definition) is 6. The van der Waals surface area contributed by atoms with Gasteiger partial charge in [0.2, 0.25) is 12.7 Å². The Balaban J connectivity index is 1.66. The first kappa shape index (κ1) is 17.8. The van der Waals surface area contributed by atoms with Gasteiger partial charge in [-0.1, -0.05) is 18.2 Å². The molecule has 1 unspecified atom stereocenters. The highest BCUT2D eigenvalue weighted by molar-refractivity contribution is 6.03. The molecule has 28 heavy (non-hydrogen) atoms. The van der Waals surface area contributed by atoms with E-state index in [0.29, 0.717) is 29.2 Å². The average Bonchev–Trinajstić information content (AvgIpc) is 3.33. The number of nitrogens with zero attached hydrogens (tertiary/aromatic N) is 2. The summed E-state index contributed by atoms with van der Waals surface area (Å²) in [6.07, 6.45) is -0.0644. The zero-order valence-corrected chi connectivity index (χ0v) is 14.9. The Labute approximate surface area is 160 Å². The summed E-state index contributed by atoms with van der Waals surface area (Å²) < 4.78 is 10.7. The normalized spacial score (nSPS) is 17.5. The average molecular weight is 382 g/mol. The van der Waals surface area contributed by atoms with Crippen LogP contribution in [-0.2, 0) is 9.59 Å². The summed E-state index contributed by atoms with van der Waals surface area (Å²) in [6, 6.07) is 11.7. The summed E-state index contributed by atoms with van der Waals surface area (Å²) in [5.41, 5.74) is 1.99. The minimum atomic E-state index is -1.05. The molecule has 0 spiro atoms. The van der Waals surface area contributed by atoms with E-state index in [9.17, 15) is 14.7 Å². The van der Waals surface area contributed by atoms with Gasteiger partial charge in [0.25, 0.3) is 0 Å². The number of para-hydroxylation sites is 1. The molecule has 2 aromatic rings. The Morgan fingerprint density at radius 1 is 1.11 bits per heavy atom. The molecule has 2 heterocycles. The molecule has 2 aliphatic heterocycles. The Morgan fingerprint density at radius 2 is 1.89 bits per heavy atom.